The molecule has 24 heavy (non-hydrogen) atoms. The van der Waals surface area contributed by atoms with Gasteiger partial charge in [-0.3, -0.25) is 4.79 Å². The van der Waals surface area contributed by atoms with Crippen molar-refractivity contribution in [2.45, 2.75) is 46.1 Å². The number of carbonyl (C=O) groups is 1. The Hall–Kier alpha value is -2.21. The van der Waals surface area contributed by atoms with E-state index in [0.29, 0.717) is 35.2 Å². The molecule has 1 unspecified atom stereocenters. The summed E-state index contributed by atoms with van der Waals surface area (Å²) < 4.78 is 5.38. The molecule has 6 heteroatoms. The number of carbonyl (C=O) groups excluding carboxylic acids is 1. The van der Waals surface area contributed by atoms with E-state index in [2.05, 4.69) is 29.4 Å². The first-order chi connectivity index (χ1) is 11.3. The predicted octanol–water partition coefficient (Wildman–Crippen LogP) is 2.96. The number of hydrogen-bond acceptors (Lipinski definition) is 5. The molecule has 0 bridgehead atoms. The van der Waals surface area contributed by atoms with E-state index in [1.165, 1.54) is 0 Å². The number of aromatic nitrogens is 2. The summed E-state index contributed by atoms with van der Waals surface area (Å²) in [6, 6.07) is 6.99. The van der Waals surface area contributed by atoms with Crippen LogP contribution < -0.4 is 5.32 Å². The van der Waals surface area contributed by atoms with Gasteiger partial charge in [-0.1, -0.05) is 19.9 Å². The maximum absolute atomic E-state index is 12.3. The fourth-order valence-electron chi connectivity index (χ4n) is 2.27. The van der Waals surface area contributed by atoms with Crippen molar-refractivity contribution >= 4 is 5.91 Å². The van der Waals surface area contributed by atoms with Crippen molar-refractivity contribution in [3.8, 4) is 11.5 Å². The molecule has 1 amide bonds. The van der Waals surface area contributed by atoms with Crippen molar-refractivity contribution in [2.24, 2.45) is 5.92 Å². The van der Waals surface area contributed by atoms with E-state index in [0.717, 1.165) is 6.42 Å². The number of aliphatic hydroxyl groups is 1. The predicted molar refractivity (Wildman–Crippen MR) is 91.5 cm³/mol. The van der Waals surface area contributed by atoms with Crippen molar-refractivity contribution < 1.29 is 14.3 Å². The SMILES string of the molecule is Cc1nnc(-c2cccc(C(=O)NCC(C)(O)CCC(C)C)c2)o1. The first kappa shape index (κ1) is 18.1. The molecule has 0 aliphatic carbocycles. The van der Waals surface area contributed by atoms with Crippen LogP contribution in [0.5, 0.6) is 0 Å². The zero-order valence-electron chi connectivity index (χ0n) is 14.7. The molecule has 0 saturated heterocycles. The Balaban J connectivity index is 2.00. The third kappa shape index (κ3) is 5.16. The van der Waals surface area contributed by atoms with E-state index in [9.17, 15) is 9.90 Å². The lowest BCUT2D eigenvalue weighted by Crippen LogP contribution is -2.40. The average molecular weight is 331 g/mol. The van der Waals surface area contributed by atoms with Crippen LogP contribution in [0.3, 0.4) is 0 Å². The van der Waals surface area contributed by atoms with Crippen molar-refractivity contribution in [1.82, 2.24) is 15.5 Å². The van der Waals surface area contributed by atoms with Gasteiger partial charge in [-0.25, -0.2) is 0 Å². The Morgan fingerprint density at radius 2 is 2.12 bits per heavy atom. The van der Waals surface area contributed by atoms with E-state index in [4.69, 9.17) is 4.42 Å². The van der Waals surface area contributed by atoms with Gasteiger partial charge in [-0.2, -0.15) is 0 Å². The van der Waals surface area contributed by atoms with Gasteiger partial charge in [-0.05, 0) is 43.9 Å². The Bertz CT molecular complexity index is 692. The lowest BCUT2D eigenvalue weighted by Gasteiger charge is -2.24. The Morgan fingerprint density at radius 1 is 1.38 bits per heavy atom. The van der Waals surface area contributed by atoms with Gasteiger partial charge < -0.3 is 14.8 Å². The molecule has 0 aliphatic rings. The first-order valence-corrected chi connectivity index (χ1v) is 8.18. The number of amides is 1. The molecule has 0 fully saturated rings. The molecule has 130 valence electrons. The van der Waals surface area contributed by atoms with Crippen molar-refractivity contribution in [3.05, 3.63) is 35.7 Å². The molecule has 1 aromatic carbocycles. The van der Waals surface area contributed by atoms with Crippen LogP contribution in [0.15, 0.2) is 28.7 Å². The highest BCUT2D eigenvalue weighted by Gasteiger charge is 2.22. The monoisotopic (exact) mass is 331 g/mol. The molecule has 1 aromatic heterocycles. The fraction of sp³-hybridized carbons (Fsp3) is 0.500. The summed E-state index contributed by atoms with van der Waals surface area (Å²) in [6.45, 7) is 7.89. The minimum absolute atomic E-state index is 0.211. The summed E-state index contributed by atoms with van der Waals surface area (Å²) in [7, 11) is 0. The van der Waals surface area contributed by atoms with E-state index in [-0.39, 0.29) is 12.5 Å². The number of aryl methyl sites for hydroxylation is 1. The van der Waals surface area contributed by atoms with Gasteiger partial charge in [0.25, 0.3) is 5.91 Å². The minimum Gasteiger partial charge on any atom is -0.421 e. The van der Waals surface area contributed by atoms with Crippen molar-refractivity contribution in [2.75, 3.05) is 6.54 Å². The Kier molecular flexibility index (Phi) is 5.72. The van der Waals surface area contributed by atoms with Crippen molar-refractivity contribution in [3.63, 3.8) is 0 Å². The number of rotatable bonds is 7. The maximum atomic E-state index is 12.3. The topological polar surface area (TPSA) is 88.2 Å². The summed E-state index contributed by atoms with van der Waals surface area (Å²) in [5, 5.41) is 20.9. The summed E-state index contributed by atoms with van der Waals surface area (Å²) in [4.78, 5) is 12.3. The summed E-state index contributed by atoms with van der Waals surface area (Å²) >= 11 is 0. The maximum Gasteiger partial charge on any atom is 0.251 e. The van der Waals surface area contributed by atoms with E-state index < -0.39 is 5.60 Å². The standard InChI is InChI=1S/C18H25N3O3/c1-12(2)8-9-18(4,23)11-19-16(22)14-6-5-7-15(10-14)17-21-20-13(3)24-17/h5-7,10,12,23H,8-9,11H2,1-4H3,(H,19,22). The number of benzene rings is 1. The molecule has 2 rings (SSSR count). The molecule has 6 nitrogen and oxygen atoms in total. The van der Waals surface area contributed by atoms with Crippen molar-refractivity contribution in [1.29, 1.82) is 0 Å². The number of nitrogens with one attached hydrogen (secondary N) is 1. The van der Waals surface area contributed by atoms with E-state index >= 15 is 0 Å². The molecule has 0 aliphatic heterocycles. The molecular weight excluding hydrogens is 306 g/mol. The summed E-state index contributed by atoms with van der Waals surface area (Å²) in [6.07, 6.45) is 1.56. The van der Waals surface area contributed by atoms with Gasteiger partial charge in [0.05, 0.1) is 5.60 Å². The van der Waals surface area contributed by atoms with Crippen LogP contribution >= 0.6 is 0 Å². The highest BCUT2D eigenvalue weighted by Crippen LogP contribution is 2.19. The summed E-state index contributed by atoms with van der Waals surface area (Å²) in [5.41, 5.74) is 0.263. The Morgan fingerprint density at radius 3 is 2.75 bits per heavy atom. The second kappa shape index (κ2) is 7.57. The van der Waals surface area contributed by atoms with Crippen LogP contribution in [-0.4, -0.2) is 33.4 Å². The third-order valence-corrected chi connectivity index (χ3v) is 3.79. The number of nitrogens with zero attached hydrogens (tertiary/aromatic N) is 2. The van der Waals surface area contributed by atoms with Crippen LogP contribution in [0.4, 0.5) is 0 Å². The van der Waals surface area contributed by atoms with Gasteiger partial charge in [-0.15, -0.1) is 10.2 Å². The second-order valence-corrected chi connectivity index (χ2v) is 6.82. The van der Waals surface area contributed by atoms with Crippen LogP contribution in [-0.2, 0) is 0 Å². The van der Waals surface area contributed by atoms with Crippen LogP contribution in [0.25, 0.3) is 11.5 Å². The summed E-state index contributed by atoms with van der Waals surface area (Å²) in [5.74, 6) is 1.13. The highest BCUT2D eigenvalue weighted by atomic mass is 16.4. The van der Waals surface area contributed by atoms with Crippen LogP contribution in [0.1, 0.15) is 49.9 Å². The third-order valence-electron chi connectivity index (χ3n) is 3.79. The molecule has 0 saturated carbocycles. The highest BCUT2D eigenvalue weighted by molar-refractivity contribution is 5.95. The van der Waals surface area contributed by atoms with E-state index in [1.54, 1.807) is 32.0 Å². The normalized spacial score (nSPS) is 13.8. The van der Waals surface area contributed by atoms with Gasteiger partial charge in [0.1, 0.15) is 0 Å². The Labute approximate surface area is 142 Å². The van der Waals surface area contributed by atoms with Gasteiger partial charge in [0, 0.05) is 24.6 Å². The molecular formula is C18H25N3O3. The zero-order chi connectivity index (χ0) is 17.7. The van der Waals surface area contributed by atoms with Crippen LogP contribution in [0, 0.1) is 12.8 Å². The molecule has 1 atom stereocenters. The first-order valence-electron chi connectivity index (χ1n) is 8.18. The van der Waals surface area contributed by atoms with Gasteiger partial charge in [0.2, 0.25) is 11.8 Å². The lowest BCUT2D eigenvalue weighted by molar-refractivity contribution is 0.0429. The zero-order valence-corrected chi connectivity index (χ0v) is 14.7. The molecule has 0 spiro atoms. The second-order valence-electron chi connectivity index (χ2n) is 6.82. The minimum atomic E-state index is -0.916. The fourth-order valence-corrected chi connectivity index (χ4v) is 2.27. The average Bonchev–Trinajstić information content (AvgIpc) is 2.98. The lowest BCUT2D eigenvalue weighted by atomic mass is 9.95. The van der Waals surface area contributed by atoms with E-state index in [1.807, 2.05) is 6.07 Å². The smallest absolute Gasteiger partial charge is 0.251 e. The number of hydrogen-bond donors (Lipinski definition) is 2. The van der Waals surface area contributed by atoms with Gasteiger partial charge >= 0.3 is 0 Å². The van der Waals surface area contributed by atoms with Crippen LogP contribution in [0.2, 0.25) is 0 Å². The molecule has 1 heterocycles. The van der Waals surface area contributed by atoms with Gasteiger partial charge in [0.15, 0.2) is 0 Å². The quantitative estimate of drug-likeness (QED) is 0.814. The molecule has 0 radical (unpaired) electrons. The largest absolute Gasteiger partial charge is 0.421 e. The molecule has 2 aromatic rings. The molecule has 2 N–H and O–H groups in total.